The van der Waals surface area contributed by atoms with Gasteiger partial charge in [0.25, 0.3) is 5.91 Å². The van der Waals surface area contributed by atoms with E-state index in [0.29, 0.717) is 11.3 Å². The second kappa shape index (κ2) is 6.32. The SMILES string of the molecule is CC(=O)c1ccc(NC(=O)COC(=O)C2CCC2)cc1. The van der Waals surface area contributed by atoms with Crippen molar-refractivity contribution >= 4 is 23.3 Å². The Bertz CT molecular complexity index is 517. The lowest BCUT2D eigenvalue weighted by atomic mass is 9.86. The number of carbonyl (C=O) groups is 3. The van der Waals surface area contributed by atoms with Crippen LogP contribution >= 0.6 is 0 Å². The summed E-state index contributed by atoms with van der Waals surface area (Å²) in [7, 11) is 0. The number of esters is 1. The van der Waals surface area contributed by atoms with Gasteiger partial charge in [-0.1, -0.05) is 6.42 Å². The van der Waals surface area contributed by atoms with E-state index in [1.165, 1.54) is 6.92 Å². The Labute approximate surface area is 117 Å². The quantitative estimate of drug-likeness (QED) is 0.660. The van der Waals surface area contributed by atoms with E-state index < -0.39 is 0 Å². The molecule has 1 amide bonds. The molecule has 0 unspecified atom stereocenters. The summed E-state index contributed by atoms with van der Waals surface area (Å²) in [6.45, 7) is 1.21. The average Bonchev–Trinajstić information content (AvgIpc) is 2.35. The first kappa shape index (κ1) is 14.2. The van der Waals surface area contributed by atoms with E-state index in [1.54, 1.807) is 24.3 Å². The van der Waals surface area contributed by atoms with Gasteiger partial charge in [-0.3, -0.25) is 14.4 Å². The van der Waals surface area contributed by atoms with Crippen molar-refractivity contribution in [3.63, 3.8) is 0 Å². The van der Waals surface area contributed by atoms with Crippen molar-refractivity contribution in [2.75, 3.05) is 11.9 Å². The summed E-state index contributed by atoms with van der Waals surface area (Å²) in [5, 5.41) is 2.61. The molecule has 2 rings (SSSR count). The van der Waals surface area contributed by atoms with Gasteiger partial charge in [-0.25, -0.2) is 0 Å². The Hall–Kier alpha value is -2.17. The Morgan fingerprint density at radius 1 is 1.20 bits per heavy atom. The summed E-state index contributed by atoms with van der Waals surface area (Å²) >= 11 is 0. The monoisotopic (exact) mass is 275 g/mol. The van der Waals surface area contributed by atoms with Crippen LogP contribution in [0.3, 0.4) is 0 Å². The molecule has 0 heterocycles. The van der Waals surface area contributed by atoms with Gasteiger partial charge >= 0.3 is 5.97 Å². The van der Waals surface area contributed by atoms with E-state index in [9.17, 15) is 14.4 Å². The third-order valence-corrected chi connectivity index (χ3v) is 3.36. The average molecular weight is 275 g/mol. The van der Waals surface area contributed by atoms with Gasteiger partial charge in [0.1, 0.15) is 0 Å². The van der Waals surface area contributed by atoms with Crippen molar-refractivity contribution in [3.8, 4) is 0 Å². The number of Topliss-reactive ketones (excluding diaryl/α,β-unsaturated/α-hetero) is 1. The molecular formula is C15H17NO4. The Morgan fingerprint density at radius 2 is 1.85 bits per heavy atom. The van der Waals surface area contributed by atoms with E-state index in [2.05, 4.69) is 5.32 Å². The Balaban J connectivity index is 1.78. The third-order valence-electron chi connectivity index (χ3n) is 3.36. The van der Waals surface area contributed by atoms with Crippen molar-refractivity contribution in [2.24, 2.45) is 5.92 Å². The van der Waals surface area contributed by atoms with Gasteiger partial charge in [0.15, 0.2) is 12.4 Å². The van der Waals surface area contributed by atoms with Crippen molar-refractivity contribution in [2.45, 2.75) is 26.2 Å². The number of ether oxygens (including phenoxy) is 1. The first-order valence-corrected chi connectivity index (χ1v) is 6.64. The maximum absolute atomic E-state index is 11.6. The number of carbonyl (C=O) groups excluding carboxylic acids is 3. The highest BCUT2D eigenvalue weighted by Gasteiger charge is 2.27. The molecule has 0 bridgehead atoms. The minimum Gasteiger partial charge on any atom is -0.455 e. The van der Waals surface area contributed by atoms with Crippen LogP contribution in [0.25, 0.3) is 0 Å². The molecule has 5 nitrogen and oxygen atoms in total. The third kappa shape index (κ3) is 3.66. The molecule has 1 aliphatic carbocycles. The van der Waals surface area contributed by atoms with Crippen molar-refractivity contribution < 1.29 is 19.1 Å². The van der Waals surface area contributed by atoms with Gasteiger partial charge in [0, 0.05) is 11.3 Å². The number of rotatable bonds is 5. The molecule has 1 aliphatic rings. The van der Waals surface area contributed by atoms with Crippen LogP contribution in [0.5, 0.6) is 0 Å². The fourth-order valence-electron chi connectivity index (χ4n) is 1.88. The fourth-order valence-corrected chi connectivity index (χ4v) is 1.88. The largest absolute Gasteiger partial charge is 0.455 e. The molecule has 1 saturated carbocycles. The minimum atomic E-state index is -0.381. The van der Waals surface area contributed by atoms with E-state index in [0.717, 1.165) is 19.3 Å². The number of ketones is 1. The number of hydrogen-bond donors (Lipinski definition) is 1. The molecule has 1 N–H and O–H groups in total. The summed E-state index contributed by atoms with van der Waals surface area (Å²) in [4.78, 5) is 34.2. The highest BCUT2D eigenvalue weighted by molar-refractivity contribution is 5.96. The second-order valence-electron chi connectivity index (χ2n) is 4.92. The van der Waals surface area contributed by atoms with Crippen molar-refractivity contribution in [1.82, 2.24) is 0 Å². The van der Waals surface area contributed by atoms with E-state index in [4.69, 9.17) is 4.74 Å². The van der Waals surface area contributed by atoms with Crippen LogP contribution in [0.2, 0.25) is 0 Å². The number of anilines is 1. The predicted octanol–water partition coefficient (Wildman–Crippen LogP) is 2.17. The van der Waals surface area contributed by atoms with E-state index in [1.807, 2.05) is 0 Å². The Kier molecular flexibility index (Phi) is 4.50. The molecule has 1 aromatic carbocycles. The lowest BCUT2D eigenvalue weighted by Crippen LogP contribution is -2.28. The maximum Gasteiger partial charge on any atom is 0.309 e. The molecular weight excluding hydrogens is 258 g/mol. The molecule has 0 aliphatic heterocycles. The summed E-state index contributed by atoms with van der Waals surface area (Å²) in [6.07, 6.45) is 2.76. The molecule has 20 heavy (non-hydrogen) atoms. The van der Waals surface area contributed by atoms with Crippen LogP contribution in [0, 0.1) is 5.92 Å². The maximum atomic E-state index is 11.6. The summed E-state index contributed by atoms with van der Waals surface area (Å²) in [5.74, 6) is -0.735. The normalized spacial score (nSPS) is 14.2. The first-order valence-electron chi connectivity index (χ1n) is 6.64. The fraction of sp³-hybridized carbons (Fsp3) is 0.400. The van der Waals surface area contributed by atoms with Crippen LogP contribution in [-0.2, 0) is 14.3 Å². The number of benzene rings is 1. The predicted molar refractivity (Wildman–Crippen MR) is 73.4 cm³/mol. The van der Waals surface area contributed by atoms with Gasteiger partial charge in [-0.05, 0) is 44.0 Å². The van der Waals surface area contributed by atoms with Crippen LogP contribution in [0.4, 0.5) is 5.69 Å². The summed E-state index contributed by atoms with van der Waals surface area (Å²) in [6, 6.07) is 6.56. The van der Waals surface area contributed by atoms with Crippen LogP contribution in [0.1, 0.15) is 36.5 Å². The molecule has 0 atom stereocenters. The number of amides is 1. The van der Waals surface area contributed by atoms with E-state index >= 15 is 0 Å². The lowest BCUT2D eigenvalue weighted by molar-refractivity contribution is -0.154. The first-order chi connectivity index (χ1) is 9.56. The second-order valence-corrected chi connectivity index (χ2v) is 4.92. The highest BCUT2D eigenvalue weighted by atomic mass is 16.5. The number of hydrogen-bond acceptors (Lipinski definition) is 4. The summed E-state index contributed by atoms with van der Waals surface area (Å²) < 4.78 is 4.94. The van der Waals surface area contributed by atoms with Crippen molar-refractivity contribution in [3.05, 3.63) is 29.8 Å². The summed E-state index contributed by atoms with van der Waals surface area (Å²) in [5.41, 5.74) is 1.15. The van der Waals surface area contributed by atoms with Crippen LogP contribution < -0.4 is 5.32 Å². The molecule has 0 radical (unpaired) electrons. The van der Waals surface area contributed by atoms with E-state index in [-0.39, 0.29) is 30.2 Å². The molecule has 106 valence electrons. The standard InChI is InChI=1S/C15H17NO4/c1-10(17)11-5-7-13(8-6-11)16-14(18)9-20-15(19)12-3-2-4-12/h5-8,12H,2-4,9H2,1H3,(H,16,18). The zero-order valence-electron chi connectivity index (χ0n) is 11.3. The molecule has 0 spiro atoms. The Morgan fingerprint density at radius 3 is 2.35 bits per heavy atom. The van der Waals surface area contributed by atoms with Crippen LogP contribution in [-0.4, -0.2) is 24.3 Å². The van der Waals surface area contributed by atoms with Gasteiger partial charge in [0.05, 0.1) is 5.92 Å². The lowest BCUT2D eigenvalue weighted by Gasteiger charge is -2.22. The molecule has 1 fully saturated rings. The molecule has 1 aromatic rings. The van der Waals surface area contributed by atoms with Gasteiger partial charge < -0.3 is 10.1 Å². The topological polar surface area (TPSA) is 72.5 Å². The van der Waals surface area contributed by atoms with Crippen LogP contribution in [0.15, 0.2) is 24.3 Å². The van der Waals surface area contributed by atoms with Gasteiger partial charge in [0.2, 0.25) is 0 Å². The minimum absolute atomic E-state index is 0.0300. The highest BCUT2D eigenvalue weighted by Crippen LogP contribution is 2.27. The smallest absolute Gasteiger partial charge is 0.309 e. The molecule has 0 saturated heterocycles. The van der Waals surface area contributed by atoms with Gasteiger partial charge in [-0.2, -0.15) is 0 Å². The zero-order chi connectivity index (χ0) is 14.5. The van der Waals surface area contributed by atoms with Gasteiger partial charge in [-0.15, -0.1) is 0 Å². The molecule has 0 aromatic heterocycles. The zero-order valence-corrected chi connectivity index (χ0v) is 11.3. The number of nitrogens with one attached hydrogen (secondary N) is 1. The molecule has 5 heteroatoms. The van der Waals surface area contributed by atoms with Crippen molar-refractivity contribution in [1.29, 1.82) is 0 Å².